The number of likely N-dealkylation sites (tertiary alicyclic amines) is 1. The van der Waals surface area contributed by atoms with Crippen molar-refractivity contribution < 1.29 is 24.2 Å². The lowest BCUT2D eigenvalue weighted by Gasteiger charge is -2.40. The Balaban J connectivity index is 1.82. The summed E-state index contributed by atoms with van der Waals surface area (Å²) in [5, 5.41) is 10.6. The average Bonchev–Trinajstić information content (AvgIpc) is 3.49. The maximum Gasteiger partial charge on any atom is 0.248 e. The largest absolute Gasteiger partial charge is 0.394 e. The second-order valence-electron chi connectivity index (χ2n) is 13.3. The topological polar surface area (TPSA) is 90.4 Å². The van der Waals surface area contributed by atoms with E-state index in [0.717, 1.165) is 18.4 Å². The van der Waals surface area contributed by atoms with Crippen molar-refractivity contribution in [1.82, 2.24) is 14.7 Å². The zero-order chi connectivity index (χ0) is 31.5. The van der Waals surface area contributed by atoms with Gasteiger partial charge in [-0.2, -0.15) is 0 Å². The molecule has 4 rings (SSSR count). The number of benzene rings is 1. The van der Waals surface area contributed by atoms with E-state index < -0.39 is 35.1 Å². The van der Waals surface area contributed by atoms with Crippen LogP contribution in [0.4, 0.5) is 0 Å². The lowest BCUT2D eigenvalue weighted by Crippen LogP contribution is -2.59. The Morgan fingerprint density at radius 3 is 2.37 bits per heavy atom. The van der Waals surface area contributed by atoms with E-state index in [4.69, 9.17) is 4.74 Å². The molecule has 0 radical (unpaired) electrons. The molecule has 0 saturated carbocycles. The third-order valence-corrected chi connectivity index (χ3v) is 9.92. The molecule has 1 N–H and O–H groups in total. The molecule has 1 aromatic carbocycles. The van der Waals surface area contributed by atoms with E-state index in [1.807, 2.05) is 51.1 Å². The first-order valence-corrected chi connectivity index (χ1v) is 16.0. The van der Waals surface area contributed by atoms with Crippen molar-refractivity contribution in [2.45, 2.75) is 90.1 Å². The van der Waals surface area contributed by atoms with Gasteiger partial charge in [0.1, 0.15) is 11.6 Å². The van der Waals surface area contributed by atoms with Gasteiger partial charge in [-0.05, 0) is 43.6 Å². The van der Waals surface area contributed by atoms with Crippen LogP contribution in [-0.4, -0.2) is 87.1 Å². The molecule has 3 aliphatic heterocycles. The first kappa shape index (κ1) is 32.9. The molecular formula is C35H51N3O5. The molecule has 7 atom stereocenters. The van der Waals surface area contributed by atoms with Gasteiger partial charge in [-0.15, -0.1) is 13.2 Å². The summed E-state index contributed by atoms with van der Waals surface area (Å²) in [6.45, 7) is 19.3. The van der Waals surface area contributed by atoms with Gasteiger partial charge in [0.05, 0.1) is 30.1 Å². The highest BCUT2D eigenvalue weighted by atomic mass is 16.5. The first-order chi connectivity index (χ1) is 20.5. The van der Waals surface area contributed by atoms with Crippen LogP contribution in [-0.2, 0) is 25.7 Å². The molecule has 3 saturated heterocycles. The molecule has 1 spiro atoms. The smallest absolute Gasteiger partial charge is 0.248 e. The molecule has 2 bridgehead atoms. The van der Waals surface area contributed by atoms with Crippen molar-refractivity contribution in [3.8, 4) is 0 Å². The van der Waals surface area contributed by atoms with E-state index in [9.17, 15) is 19.5 Å². The summed E-state index contributed by atoms with van der Waals surface area (Å²) >= 11 is 0. The molecule has 3 aliphatic rings. The first-order valence-electron chi connectivity index (χ1n) is 16.0. The van der Waals surface area contributed by atoms with E-state index in [-0.39, 0.29) is 36.2 Å². The average molecular weight is 594 g/mol. The highest BCUT2D eigenvalue weighted by molar-refractivity contribution is 5.99. The van der Waals surface area contributed by atoms with Crippen molar-refractivity contribution in [2.75, 3.05) is 26.2 Å². The van der Waals surface area contributed by atoms with Gasteiger partial charge in [0.25, 0.3) is 0 Å². The fourth-order valence-electron chi connectivity index (χ4n) is 7.90. The van der Waals surface area contributed by atoms with Crippen LogP contribution < -0.4 is 0 Å². The zero-order valence-electron chi connectivity index (χ0n) is 26.7. The van der Waals surface area contributed by atoms with Gasteiger partial charge < -0.3 is 24.5 Å². The SMILES string of the molecule is C=CCN(CCCC)C(=O)C1N([C@@H](CO)CC(C)C)C(=O)[C@@H]2[C@@H](C(=O)N(CC=C)Cc3ccccc3)[C@]3(C)OC12CC3C. The minimum atomic E-state index is -1.16. The van der Waals surface area contributed by atoms with Crippen LogP contribution >= 0.6 is 0 Å². The van der Waals surface area contributed by atoms with Crippen molar-refractivity contribution >= 4 is 17.7 Å². The van der Waals surface area contributed by atoms with Gasteiger partial charge in [-0.25, -0.2) is 0 Å². The second kappa shape index (κ2) is 13.3. The quantitative estimate of drug-likeness (QED) is 0.304. The number of carbonyl (C=O) groups excluding carboxylic acids is 3. The Kier molecular flexibility index (Phi) is 10.2. The van der Waals surface area contributed by atoms with Gasteiger partial charge in [0.2, 0.25) is 17.7 Å². The van der Waals surface area contributed by atoms with Crippen LogP contribution in [0.1, 0.15) is 65.9 Å². The van der Waals surface area contributed by atoms with Crippen molar-refractivity contribution in [3.63, 3.8) is 0 Å². The van der Waals surface area contributed by atoms with E-state index in [2.05, 4.69) is 27.0 Å². The third-order valence-electron chi connectivity index (χ3n) is 9.92. The van der Waals surface area contributed by atoms with E-state index in [1.165, 1.54) is 0 Å². The van der Waals surface area contributed by atoms with Crippen LogP contribution in [0, 0.1) is 23.7 Å². The Morgan fingerprint density at radius 2 is 1.79 bits per heavy atom. The molecule has 0 aliphatic carbocycles. The second-order valence-corrected chi connectivity index (χ2v) is 13.3. The van der Waals surface area contributed by atoms with Crippen LogP contribution in [0.2, 0.25) is 0 Å². The van der Waals surface area contributed by atoms with E-state index in [1.54, 1.807) is 26.9 Å². The summed E-state index contributed by atoms with van der Waals surface area (Å²) in [4.78, 5) is 49.1. The maximum atomic E-state index is 14.7. The number of rotatable bonds is 15. The number of unbranched alkanes of at least 4 members (excludes halogenated alkanes) is 1. The van der Waals surface area contributed by atoms with Crippen LogP contribution in [0.5, 0.6) is 0 Å². The monoisotopic (exact) mass is 593 g/mol. The highest BCUT2D eigenvalue weighted by Gasteiger charge is 2.80. The Bertz CT molecular complexity index is 1190. The van der Waals surface area contributed by atoms with Gasteiger partial charge in [0.15, 0.2) is 0 Å². The number of aliphatic hydroxyl groups excluding tert-OH is 1. The summed E-state index contributed by atoms with van der Waals surface area (Å²) in [6, 6.07) is 8.29. The van der Waals surface area contributed by atoms with Crippen LogP contribution in [0.3, 0.4) is 0 Å². The van der Waals surface area contributed by atoms with Gasteiger partial charge >= 0.3 is 0 Å². The van der Waals surface area contributed by atoms with Crippen LogP contribution in [0.25, 0.3) is 0 Å². The maximum absolute atomic E-state index is 14.7. The number of ether oxygens (including phenoxy) is 1. The number of aliphatic hydroxyl groups is 1. The summed E-state index contributed by atoms with van der Waals surface area (Å²) in [6.07, 6.45) is 6.17. The number of fused-ring (bicyclic) bond motifs is 1. The Morgan fingerprint density at radius 1 is 1.14 bits per heavy atom. The van der Waals surface area contributed by atoms with Crippen molar-refractivity contribution in [2.24, 2.45) is 23.7 Å². The Hall–Kier alpha value is -2.97. The van der Waals surface area contributed by atoms with Gasteiger partial charge in [0, 0.05) is 26.2 Å². The third kappa shape index (κ3) is 5.80. The number of hydrogen-bond donors (Lipinski definition) is 1. The molecular weight excluding hydrogens is 542 g/mol. The molecule has 3 amide bonds. The molecule has 3 unspecified atom stereocenters. The minimum Gasteiger partial charge on any atom is -0.394 e. The fourth-order valence-corrected chi connectivity index (χ4v) is 7.90. The summed E-state index contributed by atoms with van der Waals surface area (Å²) in [5.74, 6) is -2.09. The molecule has 1 aromatic rings. The lowest BCUT2D eigenvalue weighted by atomic mass is 9.62. The molecule has 43 heavy (non-hydrogen) atoms. The number of hydrogen-bond acceptors (Lipinski definition) is 5. The number of amides is 3. The van der Waals surface area contributed by atoms with Crippen molar-refractivity contribution in [1.29, 1.82) is 0 Å². The van der Waals surface area contributed by atoms with Crippen molar-refractivity contribution in [3.05, 3.63) is 61.2 Å². The van der Waals surface area contributed by atoms with E-state index in [0.29, 0.717) is 39.0 Å². The fraction of sp³-hybridized carbons (Fsp3) is 0.629. The Labute approximate surface area is 257 Å². The van der Waals surface area contributed by atoms with Gasteiger partial charge in [-0.1, -0.05) is 76.6 Å². The molecule has 8 heteroatoms. The predicted molar refractivity (Wildman–Crippen MR) is 168 cm³/mol. The lowest BCUT2D eigenvalue weighted by molar-refractivity contribution is -0.158. The molecule has 3 fully saturated rings. The van der Waals surface area contributed by atoms with E-state index >= 15 is 0 Å². The molecule has 8 nitrogen and oxygen atoms in total. The minimum absolute atomic E-state index is 0.0655. The summed E-state index contributed by atoms with van der Waals surface area (Å²) in [5.41, 5.74) is -1.10. The molecule has 0 aromatic heterocycles. The predicted octanol–water partition coefficient (Wildman–Crippen LogP) is 4.43. The highest BCUT2D eigenvalue weighted by Crippen LogP contribution is 2.66. The summed E-state index contributed by atoms with van der Waals surface area (Å²) in [7, 11) is 0. The van der Waals surface area contributed by atoms with Crippen LogP contribution in [0.15, 0.2) is 55.6 Å². The van der Waals surface area contributed by atoms with Gasteiger partial charge in [-0.3, -0.25) is 14.4 Å². The normalized spacial score (nSPS) is 29.9. The standard InChI is InChI=1S/C35H51N3O5/c1-8-11-19-36(17-9-2)33(42)30-35-21-25(6)34(7,43-35)28(29(35)32(41)38(30)27(23-39)20-24(4)5)31(40)37(18-10-3)22-26-15-13-12-14-16-26/h9-10,12-16,24-25,27-30,39H,2-3,8,11,17-23H2,1,4-7H3/t25?,27-,28+,29+,30?,34-,35?/m1/s1. The number of nitrogens with zero attached hydrogens (tertiary/aromatic N) is 3. The molecule has 3 heterocycles. The summed E-state index contributed by atoms with van der Waals surface area (Å²) < 4.78 is 6.97. The number of carbonyl (C=O) groups is 3. The zero-order valence-corrected chi connectivity index (χ0v) is 26.7. The molecule has 236 valence electrons.